The largest absolute Gasteiger partial charge is 0.507 e. The number of thioether (sulfide) groups is 1. The number of fused-ring (bicyclic) bond motifs is 10. The summed E-state index contributed by atoms with van der Waals surface area (Å²) in [5, 5.41) is 42.4. The number of carbonyl (C=O) groups is 4. The lowest BCUT2D eigenvalue weighted by molar-refractivity contribution is -0.153. The van der Waals surface area contributed by atoms with Gasteiger partial charge in [-0.05, 0) is 76.8 Å². The predicted octanol–water partition coefficient (Wildman–Crippen LogP) is 3.02. The van der Waals surface area contributed by atoms with E-state index in [-0.39, 0.29) is 36.7 Å². The molecule has 6 aliphatic heterocycles. The number of rotatable bonds is 7. The van der Waals surface area contributed by atoms with Gasteiger partial charge in [-0.1, -0.05) is 26.0 Å². The van der Waals surface area contributed by atoms with Crippen LogP contribution in [0.5, 0.6) is 23.0 Å². The van der Waals surface area contributed by atoms with Gasteiger partial charge in [-0.25, -0.2) is 4.79 Å². The first-order valence-electron chi connectivity index (χ1n) is 19.3. The number of nitrogens with zero attached hydrogens (tertiary/aromatic N) is 3. The molecular weight excluding hydrogens is 753 g/mol. The van der Waals surface area contributed by atoms with Crippen molar-refractivity contribution in [1.82, 2.24) is 25.8 Å². The van der Waals surface area contributed by atoms with Crippen molar-refractivity contribution in [3.8, 4) is 29.1 Å². The Morgan fingerprint density at radius 3 is 2.39 bits per heavy atom. The first-order valence-corrected chi connectivity index (χ1v) is 20.3. The highest BCUT2D eigenvalue weighted by Crippen LogP contribution is 2.63. The molecule has 3 unspecified atom stereocenters. The van der Waals surface area contributed by atoms with Gasteiger partial charge in [-0.2, -0.15) is 5.26 Å². The molecule has 2 fully saturated rings. The minimum atomic E-state index is -1.17. The van der Waals surface area contributed by atoms with E-state index in [1.165, 1.54) is 24.8 Å². The predicted molar refractivity (Wildman–Crippen MR) is 210 cm³/mol. The average Bonchev–Trinajstić information content (AvgIpc) is 3.66. The Kier molecular flexibility index (Phi) is 10.9. The Morgan fingerprint density at radius 2 is 1.70 bits per heavy atom. The van der Waals surface area contributed by atoms with Crippen LogP contribution in [0.15, 0.2) is 18.2 Å². The molecular formula is C41H50N6O9S. The van der Waals surface area contributed by atoms with Gasteiger partial charge >= 0.3 is 5.97 Å². The van der Waals surface area contributed by atoms with Gasteiger partial charge in [0.05, 0.1) is 23.4 Å². The number of likely N-dealkylation sites (N-methyl/N-ethyl adjacent to an activating group) is 1. The second-order valence-electron chi connectivity index (χ2n) is 15.9. The lowest BCUT2D eigenvalue weighted by atomic mass is 9.71. The molecule has 0 radical (unpaired) electrons. The topological polar surface area (TPSA) is 203 Å². The van der Waals surface area contributed by atoms with Crippen LogP contribution in [-0.2, 0) is 30.3 Å². The van der Waals surface area contributed by atoms with E-state index in [2.05, 4.69) is 37.9 Å². The normalized spacial score (nSPS) is 27.4. The fourth-order valence-corrected chi connectivity index (χ4v) is 10.7. The second-order valence-corrected chi connectivity index (χ2v) is 17.1. The maximum absolute atomic E-state index is 14.0. The molecule has 8 rings (SSSR count). The van der Waals surface area contributed by atoms with Gasteiger partial charge in [-0.15, -0.1) is 11.8 Å². The molecule has 0 aliphatic carbocycles. The Morgan fingerprint density at radius 1 is 1.00 bits per heavy atom. The van der Waals surface area contributed by atoms with Gasteiger partial charge < -0.3 is 40.4 Å². The summed E-state index contributed by atoms with van der Waals surface area (Å²) >= 11 is 1.33. The quantitative estimate of drug-likeness (QED) is 0.202. The summed E-state index contributed by atoms with van der Waals surface area (Å²) < 4.78 is 18.0. The number of hydrogen-bond acceptors (Lipinski definition) is 13. The maximum Gasteiger partial charge on any atom is 0.329 e. The average molecular weight is 803 g/mol. The van der Waals surface area contributed by atoms with Crippen LogP contribution in [0.3, 0.4) is 0 Å². The van der Waals surface area contributed by atoms with Crippen LogP contribution in [0.25, 0.3) is 0 Å². The van der Waals surface area contributed by atoms with Crippen LogP contribution in [0.1, 0.15) is 84.0 Å². The van der Waals surface area contributed by atoms with Crippen molar-refractivity contribution in [2.24, 2.45) is 5.92 Å². The molecule has 4 bridgehead atoms. The number of nitrogens with one attached hydrogen (secondary N) is 3. The zero-order valence-corrected chi connectivity index (χ0v) is 34.2. The summed E-state index contributed by atoms with van der Waals surface area (Å²) in [5.74, 6) is -1.73. The zero-order valence-electron chi connectivity index (χ0n) is 33.3. The zero-order chi connectivity index (χ0) is 41.2. The number of phenolic OH excluding ortho intramolecular Hbond substituents is 2. The van der Waals surface area contributed by atoms with Gasteiger partial charge in [0, 0.05) is 40.1 Å². The molecule has 2 saturated heterocycles. The number of nitriles is 1. The van der Waals surface area contributed by atoms with E-state index in [4.69, 9.17) is 14.2 Å². The molecule has 0 aromatic heterocycles. The minimum absolute atomic E-state index is 0.000679. The molecule has 9 atom stereocenters. The molecule has 6 heterocycles. The lowest BCUT2D eigenvalue weighted by Gasteiger charge is -2.61. The molecule has 16 heteroatoms. The fraction of sp³-hybridized carbons (Fsp3) is 0.537. The number of amides is 3. The number of allylic oxidation sites excluding steroid dienone is 1. The Bertz CT molecular complexity index is 2100. The number of carbonyl (C=O) groups excluding carboxylic acids is 4. The van der Waals surface area contributed by atoms with Crippen LogP contribution < -0.4 is 25.4 Å². The van der Waals surface area contributed by atoms with E-state index in [1.54, 1.807) is 33.8 Å². The third-order valence-electron chi connectivity index (χ3n) is 12.2. The highest BCUT2D eigenvalue weighted by atomic mass is 32.2. The van der Waals surface area contributed by atoms with Gasteiger partial charge in [0.2, 0.25) is 24.5 Å². The van der Waals surface area contributed by atoms with Gasteiger partial charge in [-0.3, -0.25) is 24.2 Å². The number of esters is 1. The van der Waals surface area contributed by atoms with E-state index in [0.29, 0.717) is 34.6 Å². The lowest BCUT2D eigenvalue weighted by Crippen LogP contribution is -2.69. The van der Waals surface area contributed by atoms with Crippen molar-refractivity contribution in [2.75, 3.05) is 26.2 Å². The molecule has 0 spiro atoms. The summed E-state index contributed by atoms with van der Waals surface area (Å²) in [6.45, 7) is 12.0. The third kappa shape index (κ3) is 6.63. The summed E-state index contributed by atoms with van der Waals surface area (Å²) in [5.41, 5.74) is 5.06. The van der Waals surface area contributed by atoms with Crippen LogP contribution in [0.2, 0.25) is 0 Å². The number of ether oxygens (including phenoxy) is 3. The molecule has 5 N–H and O–H groups in total. The SMILES string of the molecule is C/C=C/C(=O)NC(C)C(=O)NC(C(=O)N[C@H]1CS[C@@H]2c3c(O)c(C)c4c(c3[C@@H](COC1=O)N1C2[C@H]2c3c(cc(C)c(C)c3O)C[C@@H]([C@@H]1C#N)N2C)OCO4)C(C)C. The Labute approximate surface area is 336 Å². The molecule has 2 aromatic carbocycles. The van der Waals surface area contributed by atoms with Crippen molar-refractivity contribution in [2.45, 2.75) is 108 Å². The van der Waals surface area contributed by atoms with Crippen LogP contribution in [0.4, 0.5) is 0 Å². The summed E-state index contributed by atoms with van der Waals surface area (Å²) in [6.07, 6.45) is 3.35. The summed E-state index contributed by atoms with van der Waals surface area (Å²) in [4.78, 5) is 57.4. The molecule has 57 heavy (non-hydrogen) atoms. The highest BCUT2D eigenvalue weighted by Gasteiger charge is 2.60. The van der Waals surface area contributed by atoms with E-state index in [1.807, 2.05) is 20.9 Å². The number of aryl methyl sites for hydroxylation is 1. The van der Waals surface area contributed by atoms with Gasteiger partial charge in [0.25, 0.3) is 0 Å². The smallest absolute Gasteiger partial charge is 0.329 e. The van der Waals surface area contributed by atoms with Crippen LogP contribution in [0, 0.1) is 38.0 Å². The van der Waals surface area contributed by atoms with E-state index in [0.717, 1.165) is 22.3 Å². The Balaban J connectivity index is 1.30. The fourth-order valence-electron chi connectivity index (χ4n) is 9.23. The van der Waals surface area contributed by atoms with E-state index >= 15 is 0 Å². The minimum Gasteiger partial charge on any atom is -0.507 e. The summed E-state index contributed by atoms with van der Waals surface area (Å²) in [6, 6.07) is -1.21. The number of benzene rings is 2. The number of aromatic hydroxyl groups is 2. The van der Waals surface area contributed by atoms with Crippen LogP contribution >= 0.6 is 11.8 Å². The second kappa shape index (κ2) is 15.4. The molecule has 304 valence electrons. The number of phenols is 2. The summed E-state index contributed by atoms with van der Waals surface area (Å²) in [7, 11) is 1.97. The van der Waals surface area contributed by atoms with Crippen molar-refractivity contribution < 1.29 is 43.6 Å². The maximum atomic E-state index is 14.0. The monoisotopic (exact) mass is 802 g/mol. The Hall–Kier alpha value is -4.98. The van der Waals surface area contributed by atoms with Crippen molar-refractivity contribution >= 4 is 35.5 Å². The first-order chi connectivity index (χ1) is 27.1. The van der Waals surface area contributed by atoms with Crippen molar-refractivity contribution in [1.29, 1.82) is 5.26 Å². The molecule has 6 aliphatic rings. The standard InChI is InChI=1S/C41H50N6O9S/c1-9-10-27(48)43-21(7)39(51)45-31(17(2)3)40(52)44-23-15-57-38-30-29(37-36(55-16-56-37)20(6)35(30)50)26(14-54-41(23)53)47-25(13-42)24-12-22-11-18(4)19(5)34(49)28(22)32(33(38)47)46(24)8/h9-11,17,21,23-26,31-33,38,49-50H,12,14-16H2,1-8H3,(H,43,48)(H,44,52)(H,45,51)/b10-9+/t21?,23-,24-,25-,26+,31?,32+,33?,38+/m0/s1. The van der Waals surface area contributed by atoms with E-state index in [9.17, 15) is 34.7 Å². The molecule has 3 amide bonds. The number of piperazine rings is 1. The molecule has 2 aromatic rings. The van der Waals surface area contributed by atoms with Crippen molar-refractivity contribution in [3.05, 3.63) is 57.2 Å². The van der Waals surface area contributed by atoms with Gasteiger partial charge in [0.15, 0.2) is 11.5 Å². The van der Waals surface area contributed by atoms with Gasteiger partial charge in [0.1, 0.15) is 42.3 Å². The highest BCUT2D eigenvalue weighted by molar-refractivity contribution is 7.99. The molecule has 15 nitrogen and oxygen atoms in total. The number of hydrogen-bond donors (Lipinski definition) is 5. The van der Waals surface area contributed by atoms with E-state index < -0.39 is 77.2 Å². The van der Waals surface area contributed by atoms with Crippen molar-refractivity contribution in [3.63, 3.8) is 0 Å². The molecule has 0 saturated carbocycles. The van der Waals surface area contributed by atoms with Crippen LogP contribution in [-0.4, -0.2) is 106 Å². The first kappa shape index (κ1) is 40.2. The third-order valence-corrected chi connectivity index (χ3v) is 13.6.